The largest absolute Gasteiger partial charge is 0.460 e. The van der Waals surface area contributed by atoms with E-state index in [0.717, 1.165) is 33.0 Å². The maximum atomic E-state index is 13.2. The first-order valence-corrected chi connectivity index (χ1v) is 7.79. The van der Waals surface area contributed by atoms with Crippen LogP contribution in [0, 0.1) is 12.7 Å². The van der Waals surface area contributed by atoms with Gasteiger partial charge in [-0.15, -0.1) is 10.2 Å². The molecule has 0 aliphatic carbocycles. The number of hydrogen-bond acceptors (Lipinski definition) is 4. The fourth-order valence-electron chi connectivity index (χ4n) is 2.49. The molecule has 0 aliphatic rings. The summed E-state index contributed by atoms with van der Waals surface area (Å²) in [6.07, 6.45) is 1.68. The molecule has 0 amide bonds. The van der Waals surface area contributed by atoms with Crippen LogP contribution in [0.25, 0.3) is 16.6 Å². The monoisotopic (exact) mass is 313 g/mol. The van der Waals surface area contributed by atoms with Crippen molar-refractivity contribution in [1.82, 2.24) is 14.6 Å². The van der Waals surface area contributed by atoms with Crippen LogP contribution >= 0.6 is 11.8 Å². The third-order valence-electron chi connectivity index (χ3n) is 3.45. The highest BCUT2D eigenvalue weighted by molar-refractivity contribution is 7.98. The minimum absolute atomic E-state index is 0.224. The number of aryl methyl sites for hydroxylation is 1. The molecule has 110 valence electrons. The number of rotatable bonds is 3. The number of nitrogens with zero attached hydrogens (tertiary/aromatic N) is 3. The summed E-state index contributed by atoms with van der Waals surface area (Å²) in [7, 11) is 0. The Bertz CT molecular complexity index is 976. The van der Waals surface area contributed by atoms with E-state index in [-0.39, 0.29) is 5.82 Å². The fraction of sp³-hybridized carbons (Fsp3) is 0.125. The molecule has 22 heavy (non-hydrogen) atoms. The smallest absolute Gasteiger partial charge is 0.153 e. The topological polar surface area (TPSA) is 43.3 Å². The van der Waals surface area contributed by atoms with Gasteiger partial charge in [0.15, 0.2) is 5.58 Å². The molecular weight excluding hydrogens is 301 g/mol. The van der Waals surface area contributed by atoms with Crippen molar-refractivity contribution in [2.24, 2.45) is 0 Å². The van der Waals surface area contributed by atoms with Crippen LogP contribution in [0.3, 0.4) is 0 Å². The zero-order valence-electron chi connectivity index (χ0n) is 11.8. The van der Waals surface area contributed by atoms with Crippen LogP contribution in [0.1, 0.15) is 11.3 Å². The molecule has 0 unspecified atom stereocenters. The van der Waals surface area contributed by atoms with Gasteiger partial charge in [0.2, 0.25) is 0 Å². The number of benzene rings is 1. The van der Waals surface area contributed by atoms with Gasteiger partial charge in [-0.05, 0) is 24.6 Å². The molecule has 3 heterocycles. The van der Waals surface area contributed by atoms with Crippen molar-refractivity contribution >= 4 is 28.4 Å². The van der Waals surface area contributed by atoms with Crippen LogP contribution in [-0.2, 0) is 5.75 Å². The van der Waals surface area contributed by atoms with E-state index in [1.807, 2.05) is 29.5 Å². The van der Waals surface area contributed by atoms with Crippen LogP contribution in [0.5, 0.6) is 0 Å². The highest BCUT2D eigenvalue weighted by atomic mass is 32.2. The quantitative estimate of drug-likeness (QED) is 0.531. The van der Waals surface area contributed by atoms with Crippen molar-refractivity contribution in [2.45, 2.75) is 17.7 Å². The van der Waals surface area contributed by atoms with Gasteiger partial charge in [0.25, 0.3) is 0 Å². The van der Waals surface area contributed by atoms with Crippen molar-refractivity contribution < 1.29 is 8.81 Å². The Labute approximate surface area is 130 Å². The molecular formula is C16H12FN3OS. The highest BCUT2D eigenvalue weighted by Gasteiger charge is 2.12. The summed E-state index contributed by atoms with van der Waals surface area (Å²) in [5, 5.41) is 9.05. The Morgan fingerprint density at radius 3 is 3.00 bits per heavy atom. The summed E-state index contributed by atoms with van der Waals surface area (Å²) >= 11 is 1.53. The van der Waals surface area contributed by atoms with Crippen LogP contribution in [0.2, 0.25) is 0 Å². The van der Waals surface area contributed by atoms with Crippen LogP contribution in [0.4, 0.5) is 4.39 Å². The number of thioether (sulfide) groups is 1. The normalized spacial score (nSPS) is 11.5. The summed E-state index contributed by atoms with van der Waals surface area (Å²) in [5.41, 5.74) is 3.67. The predicted octanol–water partition coefficient (Wildman–Crippen LogP) is 4.22. The van der Waals surface area contributed by atoms with E-state index in [1.54, 1.807) is 12.4 Å². The summed E-state index contributed by atoms with van der Waals surface area (Å²) in [5.74, 6) is 1.28. The van der Waals surface area contributed by atoms with Gasteiger partial charge in [0.1, 0.15) is 22.9 Å². The minimum Gasteiger partial charge on any atom is -0.460 e. The van der Waals surface area contributed by atoms with Gasteiger partial charge in [0.05, 0.1) is 11.0 Å². The average Bonchev–Trinajstić information content (AvgIpc) is 3.01. The van der Waals surface area contributed by atoms with Crippen LogP contribution in [-0.4, -0.2) is 14.6 Å². The molecule has 0 bridgehead atoms. The van der Waals surface area contributed by atoms with Crippen molar-refractivity contribution in [1.29, 1.82) is 0 Å². The highest BCUT2D eigenvalue weighted by Crippen LogP contribution is 2.30. The molecule has 0 radical (unpaired) electrons. The van der Waals surface area contributed by atoms with Gasteiger partial charge >= 0.3 is 0 Å². The average molecular weight is 313 g/mol. The Morgan fingerprint density at radius 2 is 2.14 bits per heavy atom. The molecule has 3 aromatic heterocycles. The Morgan fingerprint density at radius 1 is 1.23 bits per heavy atom. The SMILES string of the molecule is Cc1cc2c(cc3c(SCc4cccc(F)c4)nncn32)o1. The van der Waals surface area contributed by atoms with E-state index in [9.17, 15) is 4.39 Å². The zero-order chi connectivity index (χ0) is 15.1. The molecule has 4 rings (SSSR count). The van der Waals surface area contributed by atoms with Crippen molar-refractivity contribution in [2.75, 3.05) is 0 Å². The molecule has 0 atom stereocenters. The van der Waals surface area contributed by atoms with Gasteiger partial charge in [-0.25, -0.2) is 4.39 Å². The number of aromatic nitrogens is 3. The molecule has 0 fully saturated rings. The van der Waals surface area contributed by atoms with E-state index < -0.39 is 0 Å². The maximum Gasteiger partial charge on any atom is 0.153 e. The van der Waals surface area contributed by atoms with Gasteiger partial charge in [-0.2, -0.15) is 0 Å². The van der Waals surface area contributed by atoms with Gasteiger partial charge in [0, 0.05) is 17.9 Å². The zero-order valence-corrected chi connectivity index (χ0v) is 12.6. The van der Waals surface area contributed by atoms with Crippen molar-refractivity contribution in [3.05, 3.63) is 59.9 Å². The summed E-state index contributed by atoms with van der Waals surface area (Å²) < 4.78 is 20.8. The molecule has 0 saturated heterocycles. The molecule has 4 nitrogen and oxygen atoms in total. The first-order valence-electron chi connectivity index (χ1n) is 6.81. The molecule has 1 aromatic carbocycles. The minimum atomic E-state index is -0.224. The van der Waals surface area contributed by atoms with Crippen LogP contribution in [0.15, 0.2) is 52.2 Å². The maximum absolute atomic E-state index is 13.2. The standard InChI is InChI=1S/C16H12FN3OS/c1-10-5-13-15(21-10)7-14-16(19-18-9-20(13)14)22-8-11-3-2-4-12(17)6-11/h2-7,9H,8H2,1H3. The number of halogens is 1. The van der Waals surface area contributed by atoms with E-state index in [2.05, 4.69) is 10.2 Å². The third kappa shape index (κ3) is 2.25. The predicted molar refractivity (Wildman–Crippen MR) is 83.5 cm³/mol. The summed E-state index contributed by atoms with van der Waals surface area (Å²) in [6, 6.07) is 10.5. The summed E-state index contributed by atoms with van der Waals surface area (Å²) in [6.45, 7) is 1.92. The van der Waals surface area contributed by atoms with E-state index in [0.29, 0.717) is 5.75 Å². The van der Waals surface area contributed by atoms with E-state index >= 15 is 0 Å². The fourth-order valence-corrected chi connectivity index (χ4v) is 3.38. The van der Waals surface area contributed by atoms with Crippen molar-refractivity contribution in [3.63, 3.8) is 0 Å². The van der Waals surface area contributed by atoms with E-state index in [4.69, 9.17) is 4.42 Å². The Hall–Kier alpha value is -2.34. The first kappa shape index (κ1) is 13.3. The van der Waals surface area contributed by atoms with Crippen molar-refractivity contribution in [3.8, 4) is 0 Å². The molecule has 0 aliphatic heterocycles. The lowest BCUT2D eigenvalue weighted by atomic mass is 10.2. The second-order valence-electron chi connectivity index (χ2n) is 5.06. The molecule has 6 heteroatoms. The lowest BCUT2D eigenvalue weighted by Crippen LogP contribution is -1.93. The summed E-state index contributed by atoms with van der Waals surface area (Å²) in [4.78, 5) is 0. The molecule has 0 spiro atoms. The van der Waals surface area contributed by atoms with Crippen LogP contribution < -0.4 is 0 Å². The Kier molecular flexibility index (Phi) is 3.11. The second kappa shape index (κ2) is 5.14. The van der Waals surface area contributed by atoms with E-state index in [1.165, 1.54) is 23.9 Å². The molecule has 4 aromatic rings. The van der Waals surface area contributed by atoms with Gasteiger partial charge in [-0.3, -0.25) is 4.40 Å². The second-order valence-corrected chi connectivity index (χ2v) is 6.02. The first-order chi connectivity index (χ1) is 10.7. The van der Waals surface area contributed by atoms with Gasteiger partial charge in [-0.1, -0.05) is 23.9 Å². The van der Waals surface area contributed by atoms with Gasteiger partial charge < -0.3 is 4.42 Å². The lowest BCUT2D eigenvalue weighted by Gasteiger charge is -2.03. The number of hydrogen-bond donors (Lipinski definition) is 0. The number of furan rings is 1. The third-order valence-corrected chi connectivity index (χ3v) is 4.49. The Balaban J connectivity index is 1.70. The lowest BCUT2D eigenvalue weighted by molar-refractivity contribution is 0.579. The molecule has 0 N–H and O–H groups in total. The number of fused-ring (bicyclic) bond motifs is 3. The molecule has 0 saturated carbocycles.